The molecule has 0 spiro atoms. The Hall–Kier alpha value is -2.34. The van der Waals surface area contributed by atoms with Gasteiger partial charge in [-0.2, -0.15) is 0 Å². The van der Waals surface area contributed by atoms with Crippen molar-refractivity contribution < 1.29 is 14.3 Å². The third kappa shape index (κ3) is 4.85. The average Bonchev–Trinajstić information content (AvgIpc) is 3.28. The minimum absolute atomic E-state index is 0.00732. The number of carbonyl (C=O) groups is 2. The fourth-order valence-corrected chi connectivity index (χ4v) is 3.41. The summed E-state index contributed by atoms with van der Waals surface area (Å²) in [6.07, 6.45) is 5.24. The second-order valence-electron chi connectivity index (χ2n) is 6.81. The molecule has 1 aliphatic heterocycles. The summed E-state index contributed by atoms with van der Waals surface area (Å²) in [6, 6.07) is 8.14. The lowest BCUT2D eigenvalue weighted by atomic mass is 10.1. The van der Waals surface area contributed by atoms with Gasteiger partial charge in [-0.3, -0.25) is 9.59 Å². The molecule has 0 saturated carbocycles. The van der Waals surface area contributed by atoms with Crippen LogP contribution in [0.5, 0.6) is 0 Å². The number of hydrogen-bond donors (Lipinski definition) is 2. The summed E-state index contributed by atoms with van der Waals surface area (Å²) < 4.78 is 5.58. The van der Waals surface area contributed by atoms with Gasteiger partial charge in [0.2, 0.25) is 11.8 Å². The van der Waals surface area contributed by atoms with E-state index in [2.05, 4.69) is 16.4 Å². The molecular weight excluding hydrogens is 330 g/mol. The lowest BCUT2D eigenvalue weighted by Gasteiger charge is -2.23. The summed E-state index contributed by atoms with van der Waals surface area (Å²) in [5, 5.41) is 4.15. The second kappa shape index (κ2) is 8.85. The number of H-pyrrole nitrogens is 1. The van der Waals surface area contributed by atoms with E-state index in [1.807, 2.05) is 24.4 Å². The monoisotopic (exact) mass is 357 g/mol. The number of para-hydroxylation sites is 1. The van der Waals surface area contributed by atoms with E-state index in [4.69, 9.17) is 4.74 Å². The van der Waals surface area contributed by atoms with Crippen molar-refractivity contribution in [1.29, 1.82) is 0 Å². The predicted octanol–water partition coefficient (Wildman–Crippen LogP) is 2.24. The molecule has 1 fully saturated rings. The molecule has 1 atom stereocenters. The van der Waals surface area contributed by atoms with Crippen LogP contribution in [0.1, 0.15) is 31.7 Å². The lowest BCUT2D eigenvalue weighted by molar-refractivity contribution is -0.131. The topological polar surface area (TPSA) is 74.4 Å². The molecule has 1 aliphatic rings. The van der Waals surface area contributed by atoms with Crippen LogP contribution in [0, 0.1) is 0 Å². The molecule has 140 valence electrons. The van der Waals surface area contributed by atoms with Crippen molar-refractivity contribution in [2.45, 2.75) is 38.7 Å². The standard InChI is InChI=1S/C20H27N3O3/c1-15(24)23(14-17-5-4-12-26-17)11-9-20(25)21-10-8-16-13-22-19-7-3-2-6-18(16)19/h2-3,6-7,13,17,22H,4-5,8-12,14H2,1H3,(H,21,25). The van der Waals surface area contributed by atoms with Crippen molar-refractivity contribution in [2.75, 3.05) is 26.2 Å². The summed E-state index contributed by atoms with van der Waals surface area (Å²) in [4.78, 5) is 28.8. The van der Waals surface area contributed by atoms with Gasteiger partial charge in [-0.25, -0.2) is 0 Å². The Morgan fingerprint density at radius 3 is 2.96 bits per heavy atom. The molecule has 0 bridgehead atoms. The predicted molar refractivity (Wildman–Crippen MR) is 101 cm³/mol. The minimum atomic E-state index is -0.0246. The molecule has 1 aromatic heterocycles. The smallest absolute Gasteiger partial charge is 0.221 e. The number of ether oxygens (including phenoxy) is 1. The number of nitrogens with zero attached hydrogens (tertiary/aromatic N) is 1. The maximum atomic E-state index is 12.1. The second-order valence-corrected chi connectivity index (χ2v) is 6.81. The zero-order valence-electron chi connectivity index (χ0n) is 15.3. The molecule has 0 aliphatic carbocycles. The Morgan fingerprint density at radius 1 is 1.35 bits per heavy atom. The first-order valence-electron chi connectivity index (χ1n) is 9.32. The molecule has 2 heterocycles. The number of aromatic amines is 1. The molecule has 3 rings (SSSR count). The number of carbonyl (C=O) groups excluding carboxylic acids is 2. The van der Waals surface area contributed by atoms with Crippen molar-refractivity contribution in [3.05, 3.63) is 36.0 Å². The highest BCUT2D eigenvalue weighted by Gasteiger charge is 2.21. The zero-order valence-corrected chi connectivity index (χ0v) is 15.3. The van der Waals surface area contributed by atoms with Crippen LogP contribution in [0.3, 0.4) is 0 Å². The summed E-state index contributed by atoms with van der Waals surface area (Å²) in [5.41, 5.74) is 2.31. The first kappa shape index (κ1) is 18.5. The maximum Gasteiger partial charge on any atom is 0.221 e. The highest BCUT2D eigenvalue weighted by molar-refractivity contribution is 5.83. The highest BCUT2D eigenvalue weighted by atomic mass is 16.5. The summed E-state index contributed by atoms with van der Waals surface area (Å²) in [6.45, 7) is 3.92. The van der Waals surface area contributed by atoms with Gasteiger partial charge >= 0.3 is 0 Å². The first-order valence-corrected chi connectivity index (χ1v) is 9.32. The SMILES string of the molecule is CC(=O)N(CCC(=O)NCCc1c[nH]c2ccccc12)CC1CCCO1. The molecule has 0 radical (unpaired) electrons. The van der Waals surface area contributed by atoms with Gasteiger partial charge in [-0.15, -0.1) is 0 Å². The van der Waals surface area contributed by atoms with Crippen LogP contribution in [0.25, 0.3) is 10.9 Å². The molecule has 2 aromatic rings. The van der Waals surface area contributed by atoms with Gasteiger partial charge in [0.25, 0.3) is 0 Å². The zero-order chi connectivity index (χ0) is 18.4. The molecule has 1 saturated heterocycles. The Balaban J connectivity index is 1.41. The van der Waals surface area contributed by atoms with E-state index in [-0.39, 0.29) is 17.9 Å². The minimum Gasteiger partial charge on any atom is -0.376 e. The van der Waals surface area contributed by atoms with Crippen molar-refractivity contribution in [3.8, 4) is 0 Å². The van der Waals surface area contributed by atoms with Crippen LogP contribution >= 0.6 is 0 Å². The Labute approximate surface area is 153 Å². The molecule has 1 aromatic carbocycles. The van der Waals surface area contributed by atoms with E-state index in [1.165, 1.54) is 10.9 Å². The van der Waals surface area contributed by atoms with E-state index >= 15 is 0 Å². The maximum absolute atomic E-state index is 12.1. The van der Waals surface area contributed by atoms with Crippen molar-refractivity contribution in [3.63, 3.8) is 0 Å². The molecule has 6 nitrogen and oxygen atoms in total. The van der Waals surface area contributed by atoms with E-state index in [9.17, 15) is 9.59 Å². The van der Waals surface area contributed by atoms with Crippen LogP contribution in [-0.4, -0.2) is 54.0 Å². The van der Waals surface area contributed by atoms with Gasteiger partial charge in [-0.1, -0.05) is 18.2 Å². The van der Waals surface area contributed by atoms with Crippen LogP contribution in [0.4, 0.5) is 0 Å². The van der Waals surface area contributed by atoms with Crippen LogP contribution in [0.2, 0.25) is 0 Å². The Kier molecular flexibility index (Phi) is 6.28. The fraction of sp³-hybridized carbons (Fsp3) is 0.500. The lowest BCUT2D eigenvalue weighted by Crippen LogP contribution is -2.38. The third-order valence-electron chi connectivity index (χ3n) is 4.89. The van der Waals surface area contributed by atoms with E-state index in [1.54, 1.807) is 11.8 Å². The summed E-state index contributed by atoms with van der Waals surface area (Å²) in [7, 11) is 0. The quantitative estimate of drug-likeness (QED) is 0.761. The van der Waals surface area contributed by atoms with E-state index in [0.29, 0.717) is 26.1 Å². The normalized spacial score (nSPS) is 16.7. The highest BCUT2D eigenvalue weighted by Crippen LogP contribution is 2.17. The average molecular weight is 357 g/mol. The number of benzene rings is 1. The summed E-state index contributed by atoms with van der Waals surface area (Å²) in [5.74, 6) is -0.0319. The molecule has 6 heteroatoms. The van der Waals surface area contributed by atoms with Crippen molar-refractivity contribution >= 4 is 22.7 Å². The molecule has 2 N–H and O–H groups in total. The molecule has 26 heavy (non-hydrogen) atoms. The number of nitrogens with one attached hydrogen (secondary N) is 2. The van der Waals surface area contributed by atoms with Crippen LogP contribution in [0.15, 0.2) is 30.5 Å². The van der Waals surface area contributed by atoms with Gasteiger partial charge < -0.3 is 19.9 Å². The van der Waals surface area contributed by atoms with Gasteiger partial charge in [0.1, 0.15) is 0 Å². The Morgan fingerprint density at radius 2 is 2.19 bits per heavy atom. The van der Waals surface area contributed by atoms with Crippen LogP contribution in [-0.2, 0) is 20.7 Å². The van der Waals surface area contributed by atoms with Crippen molar-refractivity contribution in [1.82, 2.24) is 15.2 Å². The number of fused-ring (bicyclic) bond motifs is 1. The number of hydrogen-bond acceptors (Lipinski definition) is 3. The molecular formula is C20H27N3O3. The van der Waals surface area contributed by atoms with E-state index < -0.39 is 0 Å². The van der Waals surface area contributed by atoms with Gasteiger partial charge in [-0.05, 0) is 30.9 Å². The Bertz CT molecular complexity index is 750. The fourth-order valence-electron chi connectivity index (χ4n) is 3.41. The number of aromatic nitrogens is 1. The van der Waals surface area contributed by atoms with Crippen molar-refractivity contribution in [2.24, 2.45) is 0 Å². The summed E-state index contributed by atoms with van der Waals surface area (Å²) >= 11 is 0. The number of amides is 2. The largest absolute Gasteiger partial charge is 0.376 e. The van der Waals surface area contributed by atoms with Gasteiger partial charge in [0.15, 0.2) is 0 Å². The third-order valence-corrected chi connectivity index (χ3v) is 4.89. The van der Waals surface area contributed by atoms with Gasteiger partial charge in [0, 0.05) is 56.7 Å². The molecule has 2 amide bonds. The molecule has 1 unspecified atom stereocenters. The first-order chi connectivity index (χ1) is 12.6. The number of rotatable bonds is 8. The van der Waals surface area contributed by atoms with Crippen LogP contribution < -0.4 is 5.32 Å². The van der Waals surface area contributed by atoms with Gasteiger partial charge in [0.05, 0.1) is 6.10 Å². The van der Waals surface area contributed by atoms with E-state index in [0.717, 1.165) is 31.4 Å².